The van der Waals surface area contributed by atoms with Crippen LogP contribution in [0.15, 0.2) is 0 Å². The van der Waals surface area contributed by atoms with Gasteiger partial charge in [0, 0.05) is 18.6 Å². The molecule has 0 fully saturated rings. The molecule has 0 atom stereocenters. The van der Waals surface area contributed by atoms with Gasteiger partial charge in [-0.2, -0.15) is 11.5 Å². The van der Waals surface area contributed by atoms with E-state index in [9.17, 15) is 0 Å². The molecule has 0 saturated carbocycles. The van der Waals surface area contributed by atoms with Crippen LogP contribution >= 0.6 is 11.5 Å². The molecule has 37 valence electrons. The Balaban J connectivity index is 0.000000360. The molecule has 1 radical (unpaired) electrons. The predicted octanol–water partition coefficient (Wildman–Crippen LogP) is 0.644. The van der Waals surface area contributed by atoms with Crippen molar-refractivity contribution in [2.45, 2.75) is 6.92 Å². The Morgan fingerprint density at radius 3 is 2.57 bits per heavy atom. The molecule has 0 aliphatic rings. The summed E-state index contributed by atoms with van der Waals surface area (Å²) in [5, 5.41) is 0. The van der Waals surface area contributed by atoms with Crippen LogP contribution in [0.3, 0.4) is 0 Å². The number of hydrogen-bond donors (Lipinski definition) is 0. The Hall–Kier alpha value is 0.144. The van der Waals surface area contributed by atoms with Crippen molar-refractivity contribution in [2.24, 2.45) is 0 Å². The number of aryl methyl sites for hydroxylation is 1. The third-order valence-corrected chi connectivity index (χ3v) is 0.954. The van der Waals surface area contributed by atoms with E-state index >= 15 is 0 Å². The maximum atomic E-state index is 3.79. The van der Waals surface area contributed by atoms with E-state index in [1.165, 1.54) is 11.5 Å². The maximum Gasteiger partial charge on any atom is 0 e. The zero-order chi connectivity index (χ0) is 4.41. The predicted molar refractivity (Wildman–Crippen MR) is 23.5 cm³/mol. The van der Waals surface area contributed by atoms with Gasteiger partial charge >= 0.3 is 0 Å². The Morgan fingerprint density at radius 1 is 1.71 bits per heavy atom. The van der Waals surface area contributed by atoms with Crippen molar-refractivity contribution in [3.05, 3.63) is 11.3 Å². The van der Waals surface area contributed by atoms with Crippen molar-refractivity contribution in [3.8, 4) is 0 Å². The van der Waals surface area contributed by atoms with Crippen molar-refractivity contribution in [2.75, 3.05) is 0 Å². The molecular formula is C3H3N2SV-. The monoisotopic (exact) mass is 150 g/mol. The number of aromatic nitrogens is 2. The molecule has 0 saturated heterocycles. The van der Waals surface area contributed by atoms with E-state index in [0.717, 1.165) is 5.82 Å². The molecule has 4 heteroatoms. The molecule has 1 aromatic rings. The first-order valence-electron chi connectivity index (χ1n) is 1.56. The molecule has 0 unspecified atom stereocenters. The molecule has 0 aliphatic carbocycles. The van der Waals surface area contributed by atoms with Gasteiger partial charge in [0.15, 0.2) is 0 Å². The van der Waals surface area contributed by atoms with Gasteiger partial charge in [-0.25, -0.2) is 0 Å². The van der Waals surface area contributed by atoms with Gasteiger partial charge in [-0.3, -0.25) is 4.37 Å². The first-order valence-corrected chi connectivity index (χ1v) is 2.33. The van der Waals surface area contributed by atoms with Crippen LogP contribution in [0.5, 0.6) is 0 Å². The van der Waals surface area contributed by atoms with E-state index in [-0.39, 0.29) is 18.6 Å². The van der Waals surface area contributed by atoms with Crippen LogP contribution in [-0.2, 0) is 18.6 Å². The van der Waals surface area contributed by atoms with Gasteiger partial charge in [0.25, 0.3) is 0 Å². The van der Waals surface area contributed by atoms with Crippen LogP contribution in [0, 0.1) is 12.4 Å². The fourth-order valence-electron chi connectivity index (χ4n) is 0.193. The van der Waals surface area contributed by atoms with Crippen molar-refractivity contribution < 1.29 is 18.6 Å². The summed E-state index contributed by atoms with van der Waals surface area (Å²) in [7, 11) is 0. The first kappa shape index (κ1) is 7.14. The third kappa shape index (κ3) is 2.07. The van der Waals surface area contributed by atoms with Crippen LogP contribution < -0.4 is 0 Å². The van der Waals surface area contributed by atoms with Gasteiger partial charge < -0.3 is 4.98 Å². The SMILES string of the molecule is Cc1n[c-]sn1.[V]. The Morgan fingerprint density at radius 2 is 2.43 bits per heavy atom. The summed E-state index contributed by atoms with van der Waals surface area (Å²) in [4.78, 5) is 3.70. The second-order valence-corrected chi connectivity index (χ2v) is 1.48. The Labute approximate surface area is 58.0 Å². The summed E-state index contributed by atoms with van der Waals surface area (Å²) in [5.74, 6) is 0.806. The van der Waals surface area contributed by atoms with Gasteiger partial charge in [-0.05, 0) is 5.82 Å². The maximum absolute atomic E-state index is 3.79. The topological polar surface area (TPSA) is 25.8 Å². The summed E-state index contributed by atoms with van der Waals surface area (Å²) in [6.45, 7) is 1.84. The van der Waals surface area contributed by atoms with E-state index in [2.05, 4.69) is 14.9 Å². The van der Waals surface area contributed by atoms with E-state index < -0.39 is 0 Å². The van der Waals surface area contributed by atoms with E-state index in [1.54, 1.807) is 0 Å². The standard InChI is InChI=1S/C3H3N2S.V/c1-3-4-2-6-5-3;/h1H3;/q-1;. The fraction of sp³-hybridized carbons (Fsp3) is 0.333. The molecule has 7 heavy (non-hydrogen) atoms. The number of rotatable bonds is 0. The largest absolute Gasteiger partial charge is 0.426 e. The van der Waals surface area contributed by atoms with Gasteiger partial charge in [0.2, 0.25) is 0 Å². The number of nitrogens with zero attached hydrogens (tertiary/aromatic N) is 2. The van der Waals surface area contributed by atoms with Crippen molar-refractivity contribution in [3.63, 3.8) is 0 Å². The molecular weight excluding hydrogens is 147 g/mol. The average Bonchev–Trinajstić information content (AvgIpc) is 1.86. The van der Waals surface area contributed by atoms with Gasteiger partial charge in [-0.15, -0.1) is 0 Å². The van der Waals surface area contributed by atoms with Crippen LogP contribution in [0.4, 0.5) is 0 Å². The van der Waals surface area contributed by atoms with Gasteiger partial charge in [-0.1, -0.05) is 12.4 Å². The second-order valence-electron chi connectivity index (χ2n) is 0.933. The molecule has 1 heterocycles. The molecule has 1 rings (SSSR count). The normalized spacial score (nSPS) is 7.57. The van der Waals surface area contributed by atoms with Gasteiger partial charge in [0.05, 0.1) is 0 Å². The Kier molecular flexibility index (Phi) is 3.25. The van der Waals surface area contributed by atoms with Crippen LogP contribution in [0.1, 0.15) is 5.82 Å². The average molecular weight is 150 g/mol. The van der Waals surface area contributed by atoms with Gasteiger partial charge in [0.1, 0.15) is 0 Å². The second kappa shape index (κ2) is 3.19. The summed E-state index contributed by atoms with van der Waals surface area (Å²) in [6.07, 6.45) is 0. The zero-order valence-corrected chi connectivity index (χ0v) is 5.96. The van der Waals surface area contributed by atoms with E-state index in [1.807, 2.05) is 6.92 Å². The molecule has 1 aromatic heterocycles. The molecule has 2 nitrogen and oxygen atoms in total. The zero-order valence-electron chi connectivity index (χ0n) is 3.75. The molecule has 0 bridgehead atoms. The minimum atomic E-state index is 0. The summed E-state index contributed by atoms with van der Waals surface area (Å²) < 4.78 is 3.79. The van der Waals surface area contributed by atoms with Crippen molar-refractivity contribution in [1.82, 2.24) is 9.36 Å². The van der Waals surface area contributed by atoms with Crippen molar-refractivity contribution in [1.29, 1.82) is 0 Å². The summed E-state index contributed by atoms with van der Waals surface area (Å²) in [6, 6.07) is 0. The van der Waals surface area contributed by atoms with Crippen LogP contribution in [-0.4, -0.2) is 9.36 Å². The van der Waals surface area contributed by atoms with Crippen LogP contribution in [0.25, 0.3) is 0 Å². The smallest absolute Gasteiger partial charge is 0 e. The quantitative estimate of drug-likeness (QED) is 0.507. The minimum absolute atomic E-state index is 0. The van der Waals surface area contributed by atoms with E-state index in [4.69, 9.17) is 0 Å². The third-order valence-electron chi connectivity index (χ3n) is 0.426. The first-order chi connectivity index (χ1) is 2.89. The number of hydrogen-bond acceptors (Lipinski definition) is 3. The summed E-state index contributed by atoms with van der Waals surface area (Å²) >= 11 is 1.25. The van der Waals surface area contributed by atoms with E-state index in [0.29, 0.717) is 0 Å². The van der Waals surface area contributed by atoms with Crippen molar-refractivity contribution >= 4 is 11.5 Å². The molecule has 0 aliphatic heterocycles. The Bertz CT molecular complexity index is 116. The van der Waals surface area contributed by atoms with Crippen LogP contribution in [0.2, 0.25) is 0 Å². The molecule has 0 spiro atoms. The minimum Gasteiger partial charge on any atom is -0.426 e. The molecule has 0 aromatic carbocycles. The summed E-state index contributed by atoms with van der Waals surface area (Å²) in [5.41, 5.74) is 2.61. The fourth-order valence-corrected chi connectivity index (χ4v) is 0.580. The molecule has 0 amide bonds. The molecule has 0 N–H and O–H groups in total.